The maximum atomic E-state index is 12.8. The summed E-state index contributed by atoms with van der Waals surface area (Å²) >= 11 is 1.75. The van der Waals surface area contributed by atoms with Gasteiger partial charge in [0.15, 0.2) is 0 Å². The summed E-state index contributed by atoms with van der Waals surface area (Å²) in [6, 6.07) is 11.4. The van der Waals surface area contributed by atoms with Crippen molar-refractivity contribution in [2.24, 2.45) is 0 Å². The topological polar surface area (TPSA) is 62.7 Å². The van der Waals surface area contributed by atoms with E-state index in [0.717, 1.165) is 29.0 Å². The number of nitrogens with zero attached hydrogens (tertiary/aromatic N) is 2. The summed E-state index contributed by atoms with van der Waals surface area (Å²) in [5, 5.41) is 3.09. The molecule has 5 nitrogen and oxygen atoms in total. The van der Waals surface area contributed by atoms with Crippen molar-refractivity contribution in [2.75, 3.05) is 12.0 Å². The van der Waals surface area contributed by atoms with Crippen molar-refractivity contribution in [3.05, 3.63) is 54.6 Å². The number of fused-ring (bicyclic) bond motifs is 1. The second kappa shape index (κ2) is 7.57. The van der Waals surface area contributed by atoms with Gasteiger partial charge in [-0.3, -0.25) is 4.79 Å². The van der Waals surface area contributed by atoms with Crippen molar-refractivity contribution in [1.29, 1.82) is 0 Å². The molecule has 1 amide bonds. The van der Waals surface area contributed by atoms with Crippen molar-refractivity contribution in [3.63, 3.8) is 0 Å². The van der Waals surface area contributed by atoms with Crippen molar-refractivity contribution < 1.29 is 4.79 Å². The molecule has 6 heteroatoms. The minimum absolute atomic E-state index is 0.0215. The Morgan fingerprint density at radius 1 is 1.29 bits per heavy atom. The molecule has 2 N–H and O–H groups in total. The summed E-state index contributed by atoms with van der Waals surface area (Å²) in [6.07, 6.45) is 6.74. The van der Waals surface area contributed by atoms with Crippen molar-refractivity contribution in [2.45, 2.75) is 25.4 Å². The Kier molecular flexibility index (Phi) is 5.25. The molecule has 0 aliphatic carbocycles. The number of benzene rings is 1. The molecule has 1 aromatic carbocycles. The first-order valence-electron chi connectivity index (χ1n) is 8.05. The third-order valence-corrected chi connectivity index (χ3v) is 4.71. The first-order valence-corrected chi connectivity index (χ1v) is 9.45. The summed E-state index contributed by atoms with van der Waals surface area (Å²) in [5.41, 5.74) is 1.90. The highest BCUT2D eigenvalue weighted by atomic mass is 32.2. The van der Waals surface area contributed by atoms with Crippen molar-refractivity contribution in [3.8, 4) is 0 Å². The highest BCUT2D eigenvalue weighted by molar-refractivity contribution is 7.98. The number of hydrogen-bond donors (Lipinski definition) is 2. The Bertz CT molecular complexity index is 763. The predicted octanol–water partition coefficient (Wildman–Crippen LogP) is 3.54. The highest BCUT2D eigenvalue weighted by Crippen LogP contribution is 2.19. The van der Waals surface area contributed by atoms with Gasteiger partial charge in [0.25, 0.3) is 0 Å². The van der Waals surface area contributed by atoms with Gasteiger partial charge in [0.05, 0.1) is 17.1 Å². The lowest BCUT2D eigenvalue weighted by molar-refractivity contribution is -0.125. The van der Waals surface area contributed by atoms with Gasteiger partial charge in [0.2, 0.25) is 5.91 Å². The second-order valence-electron chi connectivity index (χ2n) is 5.80. The number of carbonyl (C=O) groups excluding carboxylic acids is 1. The van der Waals surface area contributed by atoms with E-state index in [0.29, 0.717) is 0 Å². The minimum atomic E-state index is -0.195. The van der Waals surface area contributed by atoms with Crippen LogP contribution in [0.3, 0.4) is 0 Å². The van der Waals surface area contributed by atoms with E-state index in [1.54, 1.807) is 11.8 Å². The molecule has 3 rings (SSSR count). The lowest BCUT2D eigenvalue weighted by Crippen LogP contribution is -2.34. The lowest BCUT2D eigenvalue weighted by atomic mass is 10.2. The quantitative estimate of drug-likeness (QED) is 0.690. The number of amides is 1. The molecule has 3 aromatic rings. The molecule has 0 spiro atoms. The molecular formula is C18H22N4OS. The molecule has 0 aliphatic heterocycles. The number of thioether (sulfide) groups is 1. The van der Waals surface area contributed by atoms with E-state index in [1.807, 2.05) is 60.3 Å². The SMILES string of the molecule is CSCC[C@@H](C(=O)N[C@H](C)c1nc2ccccc2[nH]1)n1cccc1. The van der Waals surface area contributed by atoms with Crippen molar-refractivity contribution in [1.82, 2.24) is 19.9 Å². The fraction of sp³-hybridized carbons (Fsp3) is 0.333. The van der Waals surface area contributed by atoms with E-state index >= 15 is 0 Å². The molecule has 2 atom stereocenters. The summed E-state index contributed by atoms with van der Waals surface area (Å²) in [7, 11) is 0. The molecule has 24 heavy (non-hydrogen) atoms. The second-order valence-corrected chi connectivity index (χ2v) is 6.78. The zero-order valence-corrected chi connectivity index (χ0v) is 14.7. The van der Waals surface area contributed by atoms with Crippen molar-refractivity contribution >= 4 is 28.7 Å². The van der Waals surface area contributed by atoms with E-state index < -0.39 is 0 Å². The molecule has 0 bridgehead atoms. The molecule has 0 aliphatic rings. The van der Waals surface area contributed by atoms with Crippen LogP contribution in [-0.2, 0) is 4.79 Å². The van der Waals surface area contributed by atoms with Crippen LogP contribution in [0, 0.1) is 0 Å². The maximum Gasteiger partial charge on any atom is 0.243 e. The summed E-state index contributed by atoms with van der Waals surface area (Å²) in [5.74, 6) is 1.74. The van der Waals surface area contributed by atoms with Gasteiger partial charge in [-0.1, -0.05) is 12.1 Å². The van der Waals surface area contributed by atoms with E-state index in [2.05, 4.69) is 21.5 Å². The zero-order valence-electron chi connectivity index (χ0n) is 13.9. The van der Waals surface area contributed by atoms with E-state index in [9.17, 15) is 4.79 Å². The summed E-state index contributed by atoms with van der Waals surface area (Å²) in [4.78, 5) is 20.6. The van der Waals surface area contributed by atoms with Gasteiger partial charge in [-0.15, -0.1) is 0 Å². The average Bonchev–Trinajstić information content (AvgIpc) is 3.24. The van der Waals surface area contributed by atoms with Gasteiger partial charge >= 0.3 is 0 Å². The number of aromatic amines is 1. The fourth-order valence-corrected chi connectivity index (χ4v) is 3.22. The van der Waals surface area contributed by atoms with Gasteiger partial charge in [0, 0.05) is 12.4 Å². The first kappa shape index (κ1) is 16.6. The smallest absolute Gasteiger partial charge is 0.243 e. The molecular weight excluding hydrogens is 320 g/mol. The van der Waals surface area contributed by atoms with Crippen LogP contribution in [0.15, 0.2) is 48.8 Å². The molecule has 2 heterocycles. The van der Waals surface area contributed by atoms with Crippen LogP contribution < -0.4 is 5.32 Å². The predicted molar refractivity (Wildman–Crippen MR) is 99.1 cm³/mol. The number of carbonyl (C=O) groups is 1. The van der Waals surface area contributed by atoms with Crippen LogP contribution in [0.25, 0.3) is 11.0 Å². The van der Waals surface area contributed by atoms with Gasteiger partial charge in [-0.05, 0) is 49.6 Å². The number of nitrogens with one attached hydrogen (secondary N) is 2. The summed E-state index contributed by atoms with van der Waals surface area (Å²) in [6.45, 7) is 1.96. The first-order chi connectivity index (χ1) is 11.7. The highest BCUT2D eigenvalue weighted by Gasteiger charge is 2.22. The zero-order chi connectivity index (χ0) is 16.9. The number of aromatic nitrogens is 3. The fourth-order valence-electron chi connectivity index (χ4n) is 2.76. The van der Waals surface area contributed by atoms with E-state index in [1.165, 1.54) is 0 Å². The number of para-hydroxylation sites is 2. The van der Waals surface area contributed by atoms with Crippen LogP contribution in [0.4, 0.5) is 0 Å². The standard InChI is InChI=1S/C18H22N4OS/c1-13(17-20-14-7-3-4-8-15(14)21-17)19-18(23)16(9-12-24-2)22-10-5-6-11-22/h3-8,10-11,13,16H,9,12H2,1-2H3,(H,19,23)(H,20,21)/t13-,16+/m1/s1. The molecule has 126 valence electrons. The van der Waals surface area contributed by atoms with E-state index in [-0.39, 0.29) is 18.0 Å². The van der Waals surface area contributed by atoms with Gasteiger partial charge in [0.1, 0.15) is 11.9 Å². The molecule has 0 fully saturated rings. The van der Waals surface area contributed by atoms with Gasteiger partial charge < -0.3 is 14.9 Å². The normalized spacial score (nSPS) is 13.8. The number of imidazole rings is 1. The molecule has 2 aromatic heterocycles. The van der Waals surface area contributed by atoms with Crippen LogP contribution in [-0.4, -0.2) is 32.5 Å². The summed E-state index contributed by atoms with van der Waals surface area (Å²) < 4.78 is 1.97. The third-order valence-electron chi connectivity index (χ3n) is 4.06. The number of rotatable bonds is 7. The monoisotopic (exact) mass is 342 g/mol. The van der Waals surface area contributed by atoms with Crippen LogP contribution in [0.5, 0.6) is 0 Å². The third kappa shape index (κ3) is 3.64. The Labute approximate surface area is 145 Å². The Hall–Kier alpha value is -2.21. The minimum Gasteiger partial charge on any atom is -0.345 e. The average molecular weight is 342 g/mol. The largest absolute Gasteiger partial charge is 0.345 e. The van der Waals surface area contributed by atoms with Crippen LogP contribution in [0.1, 0.15) is 31.3 Å². The maximum absolute atomic E-state index is 12.8. The Balaban J connectivity index is 1.73. The molecule has 0 radical (unpaired) electrons. The molecule has 0 saturated heterocycles. The van der Waals surface area contributed by atoms with Gasteiger partial charge in [-0.2, -0.15) is 11.8 Å². The van der Waals surface area contributed by atoms with Crippen LogP contribution in [0.2, 0.25) is 0 Å². The molecule has 0 saturated carbocycles. The number of hydrogen-bond acceptors (Lipinski definition) is 3. The Morgan fingerprint density at radius 3 is 2.75 bits per heavy atom. The number of H-pyrrole nitrogens is 1. The van der Waals surface area contributed by atoms with Gasteiger partial charge in [-0.25, -0.2) is 4.98 Å². The molecule has 0 unspecified atom stereocenters. The van der Waals surface area contributed by atoms with E-state index in [4.69, 9.17) is 0 Å². The lowest BCUT2D eigenvalue weighted by Gasteiger charge is -2.20. The Morgan fingerprint density at radius 2 is 2.04 bits per heavy atom. The van der Waals surface area contributed by atoms with Crippen LogP contribution >= 0.6 is 11.8 Å².